The fourth-order valence-electron chi connectivity index (χ4n) is 2.66. The van der Waals surface area contributed by atoms with Crippen LogP contribution >= 0.6 is 0 Å². The Morgan fingerprint density at radius 1 is 1.17 bits per heavy atom. The molecule has 7 nitrogen and oxygen atoms in total. The first-order chi connectivity index (χ1) is 11.1. The number of ether oxygens (including phenoxy) is 1. The molecule has 23 heavy (non-hydrogen) atoms. The van der Waals surface area contributed by atoms with E-state index >= 15 is 0 Å². The Morgan fingerprint density at radius 2 is 1.91 bits per heavy atom. The van der Waals surface area contributed by atoms with E-state index < -0.39 is 0 Å². The fraction of sp³-hybridized carbons (Fsp3) is 0.812. The summed E-state index contributed by atoms with van der Waals surface area (Å²) in [5.41, 5.74) is 0. The number of carbonyl (C=O) groups is 3. The SMILES string of the molecule is O=C(CCCC(=O)NCC1CCC1)NCCN1CCOCC1=O. The van der Waals surface area contributed by atoms with Crippen LogP contribution in [-0.4, -0.2) is 62.0 Å². The van der Waals surface area contributed by atoms with Crippen molar-refractivity contribution < 1.29 is 19.1 Å². The summed E-state index contributed by atoms with van der Waals surface area (Å²) in [4.78, 5) is 36.5. The van der Waals surface area contributed by atoms with E-state index in [0.29, 0.717) is 51.4 Å². The molecule has 0 bridgehead atoms. The van der Waals surface area contributed by atoms with E-state index in [2.05, 4.69) is 10.6 Å². The molecule has 1 saturated heterocycles. The highest BCUT2D eigenvalue weighted by atomic mass is 16.5. The Morgan fingerprint density at radius 3 is 2.57 bits per heavy atom. The third kappa shape index (κ3) is 6.56. The van der Waals surface area contributed by atoms with E-state index in [9.17, 15) is 14.4 Å². The van der Waals surface area contributed by atoms with Crippen LogP contribution in [0.1, 0.15) is 38.5 Å². The lowest BCUT2D eigenvalue weighted by molar-refractivity contribution is -0.142. The molecule has 1 aliphatic carbocycles. The van der Waals surface area contributed by atoms with Crippen LogP contribution in [0, 0.1) is 5.92 Å². The number of rotatable bonds is 9. The average Bonchev–Trinajstić information content (AvgIpc) is 2.47. The Labute approximate surface area is 137 Å². The van der Waals surface area contributed by atoms with E-state index in [4.69, 9.17) is 4.74 Å². The van der Waals surface area contributed by atoms with Crippen molar-refractivity contribution in [2.24, 2.45) is 5.92 Å². The lowest BCUT2D eigenvalue weighted by Crippen LogP contribution is -2.45. The first-order valence-corrected chi connectivity index (χ1v) is 8.54. The van der Waals surface area contributed by atoms with Gasteiger partial charge in [-0.05, 0) is 25.2 Å². The van der Waals surface area contributed by atoms with Crippen molar-refractivity contribution in [3.8, 4) is 0 Å². The summed E-state index contributed by atoms with van der Waals surface area (Å²) < 4.78 is 5.04. The highest BCUT2D eigenvalue weighted by Crippen LogP contribution is 2.25. The number of amides is 3. The molecule has 0 atom stereocenters. The molecule has 0 radical (unpaired) electrons. The van der Waals surface area contributed by atoms with Crippen LogP contribution in [0.5, 0.6) is 0 Å². The second kappa shape index (κ2) is 9.50. The van der Waals surface area contributed by atoms with Gasteiger partial charge < -0.3 is 20.3 Å². The normalized spacial score (nSPS) is 18.4. The summed E-state index contributed by atoms with van der Waals surface area (Å²) >= 11 is 0. The predicted octanol–water partition coefficient (Wildman–Crippen LogP) is 0.0480. The first-order valence-electron chi connectivity index (χ1n) is 8.54. The van der Waals surface area contributed by atoms with Crippen LogP contribution in [0.3, 0.4) is 0 Å². The molecule has 0 aromatic heterocycles. The van der Waals surface area contributed by atoms with Gasteiger partial charge >= 0.3 is 0 Å². The van der Waals surface area contributed by atoms with Gasteiger partial charge in [0.15, 0.2) is 0 Å². The molecule has 1 heterocycles. The van der Waals surface area contributed by atoms with Gasteiger partial charge in [0.05, 0.1) is 6.61 Å². The zero-order chi connectivity index (χ0) is 16.5. The quantitative estimate of drug-likeness (QED) is 0.627. The van der Waals surface area contributed by atoms with Crippen molar-refractivity contribution >= 4 is 17.7 Å². The largest absolute Gasteiger partial charge is 0.370 e. The lowest BCUT2D eigenvalue weighted by Gasteiger charge is -2.26. The zero-order valence-corrected chi connectivity index (χ0v) is 13.6. The molecule has 0 aromatic carbocycles. The third-order valence-electron chi connectivity index (χ3n) is 4.41. The standard InChI is InChI=1S/C16H27N3O4/c20-14(17-7-8-19-9-10-23-12-16(19)22)5-2-6-15(21)18-11-13-3-1-4-13/h13H,1-12H2,(H,17,20)(H,18,21). The molecule has 2 aliphatic rings. The maximum Gasteiger partial charge on any atom is 0.248 e. The van der Waals surface area contributed by atoms with E-state index in [-0.39, 0.29) is 24.3 Å². The van der Waals surface area contributed by atoms with Gasteiger partial charge in [0.2, 0.25) is 17.7 Å². The van der Waals surface area contributed by atoms with Crippen molar-refractivity contribution in [1.29, 1.82) is 0 Å². The second-order valence-corrected chi connectivity index (χ2v) is 6.24. The molecule has 130 valence electrons. The molecular formula is C16H27N3O4. The van der Waals surface area contributed by atoms with Gasteiger partial charge in [0.25, 0.3) is 0 Å². The molecule has 0 spiro atoms. The summed E-state index contributed by atoms with van der Waals surface area (Å²) in [6.45, 7) is 2.99. The van der Waals surface area contributed by atoms with E-state index in [0.717, 1.165) is 6.54 Å². The molecule has 2 rings (SSSR count). The summed E-state index contributed by atoms with van der Waals surface area (Å²) in [6.07, 6.45) is 4.99. The van der Waals surface area contributed by atoms with Gasteiger partial charge in [-0.2, -0.15) is 0 Å². The maximum absolute atomic E-state index is 11.7. The van der Waals surface area contributed by atoms with Crippen LogP contribution in [0.15, 0.2) is 0 Å². The van der Waals surface area contributed by atoms with Gasteiger partial charge in [-0.25, -0.2) is 0 Å². The number of nitrogens with one attached hydrogen (secondary N) is 2. The Kier molecular flexibility index (Phi) is 7.32. The molecule has 1 aliphatic heterocycles. The first kappa shape index (κ1) is 17.7. The van der Waals surface area contributed by atoms with Gasteiger partial charge in [-0.15, -0.1) is 0 Å². The number of nitrogens with zero attached hydrogens (tertiary/aromatic N) is 1. The Bertz CT molecular complexity index is 424. The topological polar surface area (TPSA) is 87.7 Å². The van der Waals surface area contributed by atoms with E-state index in [1.54, 1.807) is 4.90 Å². The van der Waals surface area contributed by atoms with Gasteiger partial charge in [-0.1, -0.05) is 6.42 Å². The molecule has 2 N–H and O–H groups in total. The van der Waals surface area contributed by atoms with Crippen LogP contribution in [-0.2, 0) is 19.1 Å². The molecule has 0 unspecified atom stereocenters. The zero-order valence-electron chi connectivity index (χ0n) is 13.6. The third-order valence-corrected chi connectivity index (χ3v) is 4.41. The number of carbonyl (C=O) groups excluding carboxylic acids is 3. The molecule has 0 aromatic rings. The van der Waals surface area contributed by atoms with Gasteiger partial charge in [0.1, 0.15) is 6.61 Å². The van der Waals surface area contributed by atoms with Crippen molar-refractivity contribution in [3.63, 3.8) is 0 Å². The van der Waals surface area contributed by atoms with Gasteiger partial charge in [-0.3, -0.25) is 14.4 Å². The summed E-state index contributed by atoms with van der Waals surface area (Å²) in [5, 5.41) is 5.71. The highest BCUT2D eigenvalue weighted by Gasteiger charge is 2.18. The molecule has 3 amide bonds. The van der Waals surface area contributed by atoms with E-state index in [1.807, 2.05) is 0 Å². The van der Waals surface area contributed by atoms with Crippen molar-refractivity contribution in [3.05, 3.63) is 0 Å². The van der Waals surface area contributed by atoms with E-state index in [1.165, 1.54) is 19.3 Å². The minimum absolute atomic E-state index is 0.0311. The fourth-order valence-corrected chi connectivity index (χ4v) is 2.66. The minimum Gasteiger partial charge on any atom is -0.370 e. The van der Waals surface area contributed by atoms with Crippen molar-refractivity contribution in [1.82, 2.24) is 15.5 Å². The molecule has 7 heteroatoms. The van der Waals surface area contributed by atoms with Gasteiger partial charge in [0, 0.05) is 39.0 Å². The summed E-state index contributed by atoms with van der Waals surface area (Å²) in [6, 6.07) is 0. The number of hydrogen-bond acceptors (Lipinski definition) is 4. The highest BCUT2D eigenvalue weighted by molar-refractivity contribution is 5.79. The molecule has 1 saturated carbocycles. The van der Waals surface area contributed by atoms with Crippen LogP contribution < -0.4 is 10.6 Å². The maximum atomic E-state index is 11.7. The second-order valence-electron chi connectivity index (χ2n) is 6.24. The van der Waals surface area contributed by atoms with Crippen molar-refractivity contribution in [2.75, 3.05) is 39.4 Å². The predicted molar refractivity (Wildman–Crippen MR) is 84.6 cm³/mol. The number of hydrogen-bond donors (Lipinski definition) is 2. The van der Waals surface area contributed by atoms with Crippen LogP contribution in [0.4, 0.5) is 0 Å². The van der Waals surface area contributed by atoms with Crippen LogP contribution in [0.25, 0.3) is 0 Å². The van der Waals surface area contributed by atoms with Crippen LogP contribution in [0.2, 0.25) is 0 Å². The Hall–Kier alpha value is -1.63. The lowest BCUT2D eigenvalue weighted by atomic mass is 9.85. The molecular weight excluding hydrogens is 298 g/mol. The monoisotopic (exact) mass is 325 g/mol. The van der Waals surface area contributed by atoms with Crippen molar-refractivity contribution in [2.45, 2.75) is 38.5 Å². The Balaban J connectivity index is 1.46. The summed E-state index contributed by atoms with van der Waals surface area (Å²) in [7, 11) is 0. The number of morpholine rings is 1. The smallest absolute Gasteiger partial charge is 0.248 e. The molecule has 2 fully saturated rings. The summed E-state index contributed by atoms with van der Waals surface area (Å²) in [5.74, 6) is 0.583. The minimum atomic E-state index is -0.0718. The average molecular weight is 325 g/mol.